The van der Waals surface area contributed by atoms with E-state index in [-0.39, 0.29) is 0 Å². The fourth-order valence-corrected chi connectivity index (χ4v) is 3.24. The van der Waals surface area contributed by atoms with Crippen molar-refractivity contribution < 1.29 is 4.74 Å². The van der Waals surface area contributed by atoms with Gasteiger partial charge >= 0.3 is 0 Å². The minimum atomic E-state index is 0.701. The molecule has 0 aliphatic carbocycles. The standard InChI is InChI=1S/C14H21N3O/c1-16-11-3-4-12(16)9-17(8-11)10-5-6-14(18-2)13(15)7-10/h5-7,11-12H,3-4,8-9,15H2,1-2H3/t11-,12+. The number of hydrogen-bond acceptors (Lipinski definition) is 4. The Labute approximate surface area is 108 Å². The molecule has 2 aliphatic heterocycles. The zero-order valence-corrected chi connectivity index (χ0v) is 11.1. The topological polar surface area (TPSA) is 41.7 Å². The Bertz CT molecular complexity index is 435. The molecule has 2 saturated heterocycles. The number of nitrogens with zero attached hydrogens (tertiary/aromatic N) is 2. The van der Waals surface area contributed by atoms with Crippen LogP contribution in [0.1, 0.15) is 12.8 Å². The molecule has 0 unspecified atom stereocenters. The molecular formula is C14H21N3O. The number of nitrogens with two attached hydrogens (primary N) is 1. The molecule has 4 nitrogen and oxygen atoms in total. The fraction of sp³-hybridized carbons (Fsp3) is 0.571. The SMILES string of the molecule is COc1ccc(N2C[C@H]3CC[C@@H](C2)N3C)cc1N. The molecular weight excluding hydrogens is 226 g/mol. The van der Waals surface area contributed by atoms with Crippen LogP contribution in [0.4, 0.5) is 11.4 Å². The minimum Gasteiger partial charge on any atom is -0.495 e. The number of hydrogen-bond donors (Lipinski definition) is 1. The van der Waals surface area contributed by atoms with E-state index in [0.29, 0.717) is 12.1 Å². The summed E-state index contributed by atoms with van der Waals surface area (Å²) >= 11 is 0. The third kappa shape index (κ3) is 1.81. The lowest BCUT2D eigenvalue weighted by atomic mass is 10.1. The molecule has 1 aromatic carbocycles. The minimum absolute atomic E-state index is 0.701. The molecule has 2 atom stereocenters. The van der Waals surface area contributed by atoms with Crippen molar-refractivity contribution in [1.29, 1.82) is 0 Å². The van der Waals surface area contributed by atoms with Crippen LogP contribution in [0, 0.1) is 0 Å². The van der Waals surface area contributed by atoms with Gasteiger partial charge in [0.1, 0.15) is 5.75 Å². The van der Waals surface area contributed by atoms with E-state index in [1.165, 1.54) is 18.5 Å². The average Bonchev–Trinajstić information content (AvgIpc) is 2.61. The zero-order valence-electron chi connectivity index (χ0n) is 11.1. The van der Waals surface area contributed by atoms with Gasteiger partial charge in [-0.15, -0.1) is 0 Å². The molecule has 0 saturated carbocycles. The van der Waals surface area contributed by atoms with Crippen molar-refractivity contribution >= 4 is 11.4 Å². The number of nitrogen functional groups attached to an aromatic ring is 1. The Hall–Kier alpha value is -1.42. The van der Waals surface area contributed by atoms with Gasteiger partial charge in [0.15, 0.2) is 0 Å². The highest BCUT2D eigenvalue weighted by Crippen LogP contribution is 2.33. The predicted molar refractivity (Wildman–Crippen MR) is 74.2 cm³/mol. The van der Waals surface area contributed by atoms with Crippen LogP contribution in [0.15, 0.2) is 18.2 Å². The van der Waals surface area contributed by atoms with Crippen molar-refractivity contribution in [3.63, 3.8) is 0 Å². The summed E-state index contributed by atoms with van der Waals surface area (Å²) in [6.07, 6.45) is 2.65. The van der Waals surface area contributed by atoms with E-state index in [1.807, 2.05) is 12.1 Å². The van der Waals surface area contributed by atoms with Gasteiger partial charge in [0.2, 0.25) is 0 Å². The number of anilines is 2. The molecule has 2 N–H and O–H groups in total. The Balaban J connectivity index is 1.82. The number of rotatable bonds is 2. The number of fused-ring (bicyclic) bond motifs is 2. The molecule has 98 valence electrons. The number of piperazine rings is 1. The van der Waals surface area contributed by atoms with Gasteiger partial charge in [0, 0.05) is 30.9 Å². The van der Waals surface area contributed by atoms with Crippen LogP contribution in [-0.2, 0) is 0 Å². The third-order valence-electron chi connectivity index (χ3n) is 4.43. The Morgan fingerprint density at radius 1 is 1.22 bits per heavy atom. The van der Waals surface area contributed by atoms with Crippen LogP contribution < -0.4 is 15.4 Å². The third-order valence-corrected chi connectivity index (χ3v) is 4.43. The predicted octanol–water partition coefficient (Wildman–Crippen LogP) is 1.56. The first-order valence-corrected chi connectivity index (χ1v) is 6.59. The molecule has 0 amide bonds. The van der Waals surface area contributed by atoms with Crippen LogP contribution in [0.3, 0.4) is 0 Å². The van der Waals surface area contributed by atoms with E-state index in [9.17, 15) is 0 Å². The highest BCUT2D eigenvalue weighted by Gasteiger charge is 2.37. The highest BCUT2D eigenvalue weighted by molar-refractivity contribution is 5.63. The smallest absolute Gasteiger partial charge is 0.141 e. The summed E-state index contributed by atoms with van der Waals surface area (Å²) in [4.78, 5) is 4.99. The Morgan fingerprint density at radius 3 is 2.44 bits per heavy atom. The highest BCUT2D eigenvalue weighted by atomic mass is 16.5. The second-order valence-electron chi connectivity index (χ2n) is 5.38. The van der Waals surface area contributed by atoms with Crippen LogP contribution in [-0.4, -0.2) is 44.2 Å². The maximum absolute atomic E-state index is 5.99. The Kier molecular flexibility index (Phi) is 2.82. The van der Waals surface area contributed by atoms with Gasteiger partial charge in [0.05, 0.1) is 12.8 Å². The number of ether oxygens (including phenoxy) is 1. The summed E-state index contributed by atoms with van der Waals surface area (Å²) in [7, 11) is 3.91. The normalized spacial score (nSPS) is 27.6. The van der Waals surface area contributed by atoms with E-state index in [2.05, 4.69) is 22.9 Å². The lowest BCUT2D eigenvalue weighted by Gasteiger charge is -2.40. The summed E-state index contributed by atoms with van der Waals surface area (Å²) in [5.41, 5.74) is 7.93. The van der Waals surface area contributed by atoms with Crippen molar-refractivity contribution in [3.05, 3.63) is 18.2 Å². The first-order chi connectivity index (χ1) is 8.69. The maximum Gasteiger partial charge on any atom is 0.141 e. The lowest BCUT2D eigenvalue weighted by Crippen LogP contribution is -2.52. The van der Waals surface area contributed by atoms with Gasteiger partial charge in [0.25, 0.3) is 0 Å². The summed E-state index contributed by atoms with van der Waals surface area (Å²) in [5, 5.41) is 0. The van der Waals surface area contributed by atoms with Gasteiger partial charge in [-0.3, -0.25) is 4.90 Å². The number of likely N-dealkylation sites (N-methyl/N-ethyl adjacent to an activating group) is 1. The monoisotopic (exact) mass is 247 g/mol. The molecule has 2 bridgehead atoms. The second kappa shape index (κ2) is 4.35. The number of methoxy groups -OCH3 is 1. The summed E-state index contributed by atoms with van der Waals surface area (Å²) in [6, 6.07) is 7.51. The summed E-state index contributed by atoms with van der Waals surface area (Å²) in [5.74, 6) is 0.760. The van der Waals surface area contributed by atoms with Gasteiger partial charge in [-0.2, -0.15) is 0 Å². The summed E-state index contributed by atoms with van der Waals surface area (Å²) < 4.78 is 5.21. The van der Waals surface area contributed by atoms with Gasteiger partial charge in [-0.05, 0) is 38.1 Å². The van der Waals surface area contributed by atoms with Gasteiger partial charge < -0.3 is 15.4 Å². The van der Waals surface area contributed by atoms with E-state index < -0.39 is 0 Å². The van der Waals surface area contributed by atoms with Crippen molar-refractivity contribution in [2.45, 2.75) is 24.9 Å². The molecule has 0 spiro atoms. The van der Waals surface area contributed by atoms with Crippen molar-refractivity contribution in [2.24, 2.45) is 0 Å². The largest absolute Gasteiger partial charge is 0.495 e. The number of benzene rings is 1. The van der Waals surface area contributed by atoms with Crippen LogP contribution in [0.2, 0.25) is 0 Å². The molecule has 3 rings (SSSR count). The Morgan fingerprint density at radius 2 is 1.89 bits per heavy atom. The van der Waals surface area contributed by atoms with Crippen LogP contribution >= 0.6 is 0 Å². The van der Waals surface area contributed by atoms with E-state index >= 15 is 0 Å². The maximum atomic E-state index is 5.99. The van der Waals surface area contributed by atoms with Crippen molar-refractivity contribution in [3.8, 4) is 5.75 Å². The molecule has 2 fully saturated rings. The first kappa shape index (κ1) is 11.7. The van der Waals surface area contributed by atoms with E-state index in [0.717, 1.165) is 24.5 Å². The lowest BCUT2D eigenvalue weighted by molar-refractivity contribution is 0.212. The average molecular weight is 247 g/mol. The van der Waals surface area contributed by atoms with Gasteiger partial charge in [-0.25, -0.2) is 0 Å². The van der Waals surface area contributed by atoms with Crippen molar-refractivity contribution in [1.82, 2.24) is 4.90 Å². The van der Waals surface area contributed by atoms with E-state index in [4.69, 9.17) is 10.5 Å². The summed E-state index contributed by atoms with van der Waals surface area (Å²) in [6.45, 7) is 2.22. The molecule has 2 aliphatic rings. The fourth-order valence-electron chi connectivity index (χ4n) is 3.24. The zero-order chi connectivity index (χ0) is 12.7. The van der Waals surface area contributed by atoms with Crippen molar-refractivity contribution in [2.75, 3.05) is 37.9 Å². The molecule has 0 radical (unpaired) electrons. The molecule has 1 aromatic rings. The van der Waals surface area contributed by atoms with Crippen LogP contribution in [0.25, 0.3) is 0 Å². The molecule has 18 heavy (non-hydrogen) atoms. The van der Waals surface area contributed by atoms with E-state index in [1.54, 1.807) is 7.11 Å². The van der Waals surface area contributed by atoms with Crippen LogP contribution in [0.5, 0.6) is 5.75 Å². The second-order valence-corrected chi connectivity index (χ2v) is 5.38. The molecule has 4 heteroatoms. The molecule has 2 heterocycles. The first-order valence-electron chi connectivity index (χ1n) is 6.59. The van der Waals surface area contributed by atoms with Gasteiger partial charge in [-0.1, -0.05) is 0 Å². The quantitative estimate of drug-likeness (QED) is 0.805. The molecule has 0 aromatic heterocycles.